The zero-order valence-corrected chi connectivity index (χ0v) is 22.6. The number of nitrogens with zero attached hydrogens (tertiary/aromatic N) is 5. The van der Waals surface area contributed by atoms with Crippen LogP contribution in [0.25, 0.3) is 16.9 Å². The number of unbranched alkanes of at least 4 members (excludes halogenated alkanes) is 1. The fourth-order valence-corrected chi connectivity index (χ4v) is 5.67. The van der Waals surface area contributed by atoms with Crippen molar-refractivity contribution in [3.05, 3.63) is 87.6 Å². The van der Waals surface area contributed by atoms with Gasteiger partial charge in [-0.15, -0.1) is 0 Å². The third-order valence-corrected chi connectivity index (χ3v) is 7.70. The first-order valence-corrected chi connectivity index (χ1v) is 13.9. The second kappa shape index (κ2) is 12.3. The van der Waals surface area contributed by atoms with E-state index >= 15 is 0 Å². The zero-order chi connectivity index (χ0) is 28.1. The Kier molecular flexibility index (Phi) is 8.37. The third-order valence-electron chi connectivity index (χ3n) is 7.70. The highest BCUT2D eigenvalue weighted by molar-refractivity contribution is 5.68. The van der Waals surface area contributed by atoms with Crippen molar-refractivity contribution in [1.29, 1.82) is 5.26 Å². The maximum absolute atomic E-state index is 14.2. The molecule has 0 spiro atoms. The van der Waals surface area contributed by atoms with E-state index in [1.165, 1.54) is 0 Å². The molecule has 1 fully saturated rings. The van der Waals surface area contributed by atoms with Gasteiger partial charge in [0, 0.05) is 35.9 Å². The molecule has 0 atom stereocenters. The van der Waals surface area contributed by atoms with Gasteiger partial charge in [-0.25, -0.2) is 9.31 Å². The number of carboxylic acids is 1. The molecule has 1 aromatic carbocycles. The summed E-state index contributed by atoms with van der Waals surface area (Å²) >= 11 is 0. The van der Waals surface area contributed by atoms with Gasteiger partial charge in [0.25, 0.3) is 5.56 Å². The second-order valence-electron chi connectivity index (χ2n) is 10.3. The third kappa shape index (κ3) is 5.68. The van der Waals surface area contributed by atoms with Crippen LogP contribution in [-0.4, -0.2) is 43.0 Å². The average molecular weight is 540 g/mol. The summed E-state index contributed by atoms with van der Waals surface area (Å²) in [5, 5.41) is 23.0. The van der Waals surface area contributed by atoms with Gasteiger partial charge in [0.05, 0.1) is 35.3 Å². The number of fused-ring (bicyclic) bond motifs is 1. The molecule has 1 aliphatic rings. The number of aliphatic carboxylic acids is 1. The first-order valence-electron chi connectivity index (χ1n) is 13.9. The number of nitriles is 1. The number of aryl methyl sites for hydroxylation is 1. The largest absolute Gasteiger partial charge is 0.480 e. The lowest BCUT2D eigenvalue weighted by Gasteiger charge is -2.30. The van der Waals surface area contributed by atoms with Crippen LogP contribution in [0.5, 0.6) is 0 Å². The summed E-state index contributed by atoms with van der Waals surface area (Å²) in [7, 11) is 0. The quantitative estimate of drug-likeness (QED) is 0.303. The number of benzene rings is 1. The minimum atomic E-state index is -0.969. The van der Waals surface area contributed by atoms with E-state index in [1.807, 2.05) is 45.5 Å². The predicted octanol–water partition coefficient (Wildman–Crippen LogP) is 4.95. The van der Waals surface area contributed by atoms with Crippen molar-refractivity contribution < 1.29 is 14.6 Å². The molecule has 0 bridgehead atoms. The summed E-state index contributed by atoms with van der Waals surface area (Å²) in [5.41, 5.74) is 5.42. The van der Waals surface area contributed by atoms with Gasteiger partial charge in [-0.1, -0.05) is 37.6 Å². The molecule has 1 aliphatic carbocycles. The zero-order valence-electron chi connectivity index (χ0n) is 22.6. The van der Waals surface area contributed by atoms with Gasteiger partial charge in [-0.05, 0) is 56.2 Å². The molecule has 0 amide bonds. The van der Waals surface area contributed by atoms with Crippen molar-refractivity contribution in [2.45, 2.75) is 70.4 Å². The Balaban J connectivity index is 1.48. The minimum absolute atomic E-state index is 0.00656. The monoisotopic (exact) mass is 539 g/mol. The van der Waals surface area contributed by atoms with Crippen LogP contribution >= 0.6 is 0 Å². The van der Waals surface area contributed by atoms with Crippen LogP contribution in [0.15, 0.2) is 59.7 Å². The molecule has 0 aliphatic heterocycles. The molecule has 0 unspecified atom stereocenters. The minimum Gasteiger partial charge on any atom is -0.480 e. The molecule has 1 N–H and O–H groups in total. The second-order valence-corrected chi connectivity index (χ2v) is 10.3. The summed E-state index contributed by atoms with van der Waals surface area (Å²) in [6, 6.07) is 15.4. The van der Waals surface area contributed by atoms with E-state index in [0.717, 1.165) is 60.1 Å². The number of hydrogen-bond donors (Lipinski definition) is 1. The van der Waals surface area contributed by atoms with Crippen molar-refractivity contribution in [3.8, 4) is 17.3 Å². The van der Waals surface area contributed by atoms with E-state index in [1.54, 1.807) is 18.5 Å². The number of rotatable bonds is 10. The summed E-state index contributed by atoms with van der Waals surface area (Å²) < 4.78 is 9.33. The Labute approximate surface area is 232 Å². The highest BCUT2D eigenvalue weighted by Gasteiger charge is 2.28. The fraction of sp³-hybridized carbons (Fsp3) is 0.387. The van der Waals surface area contributed by atoms with Crippen LogP contribution in [0.1, 0.15) is 73.9 Å². The van der Waals surface area contributed by atoms with Gasteiger partial charge in [-0.2, -0.15) is 10.4 Å². The van der Waals surface area contributed by atoms with Crippen molar-refractivity contribution >= 4 is 11.6 Å². The Bertz CT molecular complexity index is 1590. The van der Waals surface area contributed by atoms with Crippen LogP contribution < -0.4 is 5.56 Å². The lowest BCUT2D eigenvalue weighted by atomic mass is 9.92. The summed E-state index contributed by atoms with van der Waals surface area (Å²) in [6.07, 6.45) is 9.41. The maximum Gasteiger partial charge on any atom is 0.329 e. The summed E-state index contributed by atoms with van der Waals surface area (Å²) in [5.74, 6) is -0.969. The summed E-state index contributed by atoms with van der Waals surface area (Å²) in [4.78, 5) is 29.7. The number of aromatic nitrogens is 4. The van der Waals surface area contributed by atoms with Crippen molar-refractivity contribution in [3.63, 3.8) is 0 Å². The van der Waals surface area contributed by atoms with E-state index in [2.05, 4.69) is 23.1 Å². The number of ether oxygens (including phenoxy) is 1. The Morgan fingerprint density at radius 3 is 2.65 bits per heavy atom. The van der Waals surface area contributed by atoms with Crippen LogP contribution in [0.4, 0.5) is 0 Å². The predicted molar refractivity (Wildman–Crippen MR) is 150 cm³/mol. The lowest BCUT2D eigenvalue weighted by molar-refractivity contribution is -0.145. The maximum atomic E-state index is 14.2. The number of pyridine rings is 1. The van der Waals surface area contributed by atoms with Gasteiger partial charge in [-0.3, -0.25) is 14.3 Å². The van der Waals surface area contributed by atoms with E-state index in [9.17, 15) is 14.9 Å². The topological polar surface area (TPSA) is 123 Å². The Hall–Kier alpha value is -4.29. The van der Waals surface area contributed by atoms with Crippen LogP contribution in [-0.2, 0) is 22.4 Å². The molecular weight excluding hydrogens is 506 g/mol. The van der Waals surface area contributed by atoms with Crippen molar-refractivity contribution in [2.75, 3.05) is 6.61 Å². The van der Waals surface area contributed by atoms with Crippen LogP contribution in [0, 0.1) is 11.3 Å². The molecule has 9 heteroatoms. The van der Waals surface area contributed by atoms with Crippen LogP contribution in [0.3, 0.4) is 0 Å². The molecule has 206 valence electrons. The normalized spacial score (nSPS) is 17.1. The van der Waals surface area contributed by atoms with Gasteiger partial charge in [0.2, 0.25) is 0 Å². The molecule has 40 heavy (non-hydrogen) atoms. The SMILES string of the molecule is CCCCc1c(Cc2ccc(-c3ccccc3C#N)nc2)c(=O)n(C2CCC(OCC(=O)O)CC2)c2ccnn12. The van der Waals surface area contributed by atoms with E-state index in [4.69, 9.17) is 9.84 Å². The Morgan fingerprint density at radius 2 is 1.95 bits per heavy atom. The van der Waals surface area contributed by atoms with Gasteiger partial charge in [0.15, 0.2) is 0 Å². The fourth-order valence-electron chi connectivity index (χ4n) is 5.67. The molecule has 1 saturated carbocycles. The molecule has 9 nitrogen and oxygen atoms in total. The average Bonchev–Trinajstić information content (AvgIpc) is 3.46. The highest BCUT2D eigenvalue weighted by atomic mass is 16.5. The molecule has 5 rings (SSSR count). The molecule has 4 aromatic rings. The molecule has 0 saturated heterocycles. The molecular formula is C31H33N5O4. The molecule has 3 heterocycles. The van der Waals surface area contributed by atoms with E-state index < -0.39 is 5.97 Å². The van der Waals surface area contributed by atoms with Gasteiger partial charge < -0.3 is 9.84 Å². The molecule has 3 aromatic heterocycles. The lowest BCUT2D eigenvalue weighted by Crippen LogP contribution is -2.35. The number of carboxylic acid groups (broad SMARTS) is 1. The summed E-state index contributed by atoms with van der Waals surface area (Å²) in [6.45, 7) is 1.83. The highest BCUT2D eigenvalue weighted by Crippen LogP contribution is 2.31. The van der Waals surface area contributed by atoms with Gasteiger partial charge >= 0.3 is 5.97 Å². The molecule has 0 radical (unpaired) electrons. The van der Waals surface area contributed by atoms with Crippen molar-refractivity contribution in [1.82, 2.24) is 19.2 Å². The smallest absolute Gasteiger partial charge is 0.329 e. The number of hydrogen-bond acceptors (Lipinski definition) is 6. The van der Waals surface area contributed by atoms with E-state index in [-0.39, 0.29) is 24.3 Å². The van der Waals surface area contributed by atoms with Gasteiger partial charge in [0.1, 0.15) is 12.3 Å². The Morgan fingerprint density at radius 1 is 1.15 bits per heavy atom. The first-order chi connectivity index (χ1) is 19.5. The van der Waals surface area contributed by atoms with E-state index in [0.29, 0.717) is 30.5 Å². The number of carbonyl (C=O) groups is 1. The first kappa shape index (κ1) is 27.3. The standard InChI is InChI=1S/C31H33N5O4/c1-2-3-8-28-26(17-21-9-14-27(33-19-21)25-7-5-4-6-22(25)18-32)31(39)35(29-15-16-34-36(28)29)23-10-12-24(13-11-23)40-20-30(37)38/h4-7,9,14-16,19,23-24H,2-3,8,10-13,17,20H2,1H3,(H,37,38). The van der Waals surface area contributed by atoms with Crippen molar-refractivity contribution in [2.24, 2.45) is 0 Å². The van der Waals surface area contributed by atoms with Crippen LogP contribution in [0.2, 0.25) is 0 Å².